The predicted molar refractivity (Wildman–Crippen MR) is 46.1 cm³/mol. The molecule has 0 spiro atoms. The molecule has 5 nitrogen and oxygen atoms in total. The van der Waals surface area contributed by atoms with Crippen LogP contribution >= 0.6 is 0 Å². The van der Waals surface area contributed by atoms with Gasteiger partial charge in [-0.2, -0.15) is 0 Å². The summed E-state index contributed by atoms with van der Waals surface area (Å²) >= 11 is 0. The predicted octanol–water partition coefficient (Wildman–Crippen LogP) is -0.486. The standard InChI is InChI=1S/C8H13NO4/c1-2-3-7(11)9-6(4-5-10)8(12)13/h2-3,6,10H,4-5H2,1H3,(H,9,11)(H,12,13). The minimum absolute atomic E-state index is 0.0125. The highest BCUT2D eigenvalue weighted by Crippen LogP contribution is 1.91. The van der Waals surface area contributed by atoms with E-state index in [0.717, 1.165) is 0 Å². The van der Waals surface area contributed by atoms with Crippen molar-refractivity contribution < 1.29 is 19.8 Å². The third-order valence-electron chi connectivity index (χ3n) is 1.35. The van der Waals surface area contributed by atoms with Crippen molar-refractivity contribution in [1.29, 1.82) is 0 Å². The molecule has 0 fully saturated rings. The first-order chi connectivity index (χ1) is 6.11. The Kier molecular flexibility index (Phi) is 5.54. The molecule has 13 heavy (non-hydrogen) atoms. The summed E-state index contributed by atoms with van der Waals surface area (Å²) in [7, 11) is 0. The van der Waals surface area contributed by atoms with Crippen LogP contribution < -0.4 is 5.32 Å². The van der Waals surface area contributed by atoms with Crippen molar-refractivity contribution in [1.82, 2.24) is 5.32 Å². The van der Waals surface area contributed by atoms with E-state index in [1.165, 1.54) is 12.2 Å². The molecule has 1 atom stereocenters. The first-order valence-electron chi connectivity index (χ1n) is 3.88. The van der Waals surface area contributed by atoms with Gasteiger partial charge in [-0.25, -0.2) is 4.79 Å². The van der Waals surface area contributed by atoms with Crippen LogP contribution in [0.15, 0.2) is 12.2 Å². The minimum Gasteiger partial charge on any atom is -0.480 e. The molecule has 0 aromatic carbocycles. The Morgan fingerprint density at radius 3 is 2.54 bits per heavy atom. The zero-order valence-electron chi connectivity index (χ0n) is 7.36. The fourth-order valence-corrected chi connectivity index (χ4v) is 0.758. The van der Waals surface area contributed by atoms with Crippen molar-refractivity contribution in [3.05, 3.63) is 12.2 Å². The van der Waals surface area contributed by atoms with Crippen LogP contribution in [0.25, 0.3) is 0 Å². The van der Waals surface area contributed by atoms with Gasteiger partial charge in [-0.15, -0.1) is 0 Å². The zero-order valence-corrected chi connectivity index (χ0v) is 7.36. The van der Waals surface area contributed by atoms with Crippen LogP contribution in [0.1, 0.15) is 13.3 Å². The summed E-state index contributed by atoms with van der Waals surface area (Å²) in [6.45, 7) is 1.38. The van der Waals surface area contributed by atoms with Crippen LogP contribution in [0.2, 0.25) is 0 Å². The molecule has 1 unspecified atom stereocenters. The number of nitrogens with one attached hydrogen (secondary N) is 1. The maximum absolute atomic E-state index is 10.9. The number of amides is 1. The van der Waals surface area contributed by atoms with Gasteiger partial charge in [0.15, 0.2) is 0 Å². The molecule has 0 saturated carbocycles. The lowest BCUT2D eigenvalue weighted by atomic mass is 10.2. The second kappa shape index (κ2) is 6.19. The molecule has 3 N–H and O–H groups in total. The Balaban J connectivity index is 4.09. The third kappa shape index (κ3) is 4.97. The van der Waals surface area contributed by atoms with Crippen LogP contribution in [0.5, 0.6) is 0 Å². The molecule has 0 aromatic rings. The molecule has 0 aliphatic rings. The van der Waals surface area contributed by atoms with Gasteiger partial charge < -0.3 is 15.5 Å². The van der Waals surface area contributed by atoms with Gasteiger partial charge >= 0.3 is 5.97 Å². The van der Waals surface area contributed by atoms with E-state index >= 15 is 0 Å². The first-order valence-corrected chi connectivity index (χ1v) is 3.88. The van der Waals surface area contributed by atoms with Crippen molar-refractivity contribution in [3.8, 4) is 0 Å². The number of aliphatic hydroxyl groups is 1. The molecular weight excluding hydrogens is 174 g/mol. The van der Waals surface area contributed by atoms with E-state index in [1.807, 2.05) is 0 Å². The van der Waals surface area contributed by atoms with E-state index in [4.69, 9.17) is 10.2 Å². The van der Waals surface area contributed by atoms with Crippen molar-refractivity contribution in [3.63, 3.8) is 0 Å². The average molecular weight is 187 g/mol. The van der Waals surface area contributed by atoms with E-state index in [0.29, 0.717) is 0 Å². The maximum atomic E-state index is 10.9. The highest BCUT2D eigenvalue weighted by Gasteiger charge is 2.17. The van der Waals surface area contributed by atoms with E-state index in [9.17, 15) is 9.59 Å². The van der Waals surface area contributed by atoms with Gasteiger partial charge in [0, 0.05) is 13.0 Å². The number of carbonyl (C=O) groups is 2. The third-order valence-corrected chi connectivity index (χ3v) is 1.35. The molecule has 0 aliphatic heterocycles. The highest BCUT2D eigenvalue weighted by atomic mass is 16.4. The summed E-state index contributed by atoms with van der Waals surface area (Å²) in [5.74, 6) is -1.62. The fourth-order valence-electron chi connectivity index (χ4n) is 0.758. The summed E-state index contributed by atoms with van der Waals surface area (Å²) < 4.78 is 0. The van der Waals surface area contributed by atoms with Gasteiger partial charge in [-0.1, -0.05) is 6.08 Å². The smallest absolute Gasteiger partial charge is 0.326 e. The molecule has 74 valence electrons. The highest BCUT2D eigenvalue weighted by molar-refractivity contribution is 5.90. The van der Waals surface area contributed by atoms with Crippen LogP contribution in [0.3, 0.4) is 0 Å². The summed E-state index contributed by atoms with van der Waals surface area (Å²) in [6, 6.07) is -1.02. The Morgan fingerprint density at radius 1 is 1.54 bits per heavy atom. The number of carboxylic acid groups (broad SMARTS) is 1. The number of aliphatic hydroxyl groups excluding tert-OH is 1. The molecule has 5 heteroatoms. The van der Waals surface area contributed by atoms with Gasteiger partial charge in [-0.05, 0) is 13.0 Å². The molecule has 0 rings (SSSR count). The van der Waals surface area contributed by atoms with E-state index in [-0.39, 0.29) is 13.0 Å². The van der Waals surface area contributed by atoms with Crippen LogP contribution in [-0.2, 0) is 9.59 Å². The quantitative estimate of drug-likeness (QED) is 0.507. The average Bonchev–Trinajstić information content (AvgIpc) is 2.04. The van der Waals surface area contributed by atoms with Crippen molar-refractivity contribution in [2.45, 2.75) is 19.4 Å². The number of carboxylic acids is 1. The Labute approximate surface area is 76.1 Å². The Bertz CT molecular complexity index is 212. The summed E-state index contributed by atoms with van der Waals surface area (Å²) in [5.41, 5.74) is 0. The number of rotatable bonds is 5. The normalized spacial score (nSPS) is 12.8. The van der Waals surface area contributed by atoms with Gasteiger partial charge in [0.25, 0.3) is 0 Å². The van der Waals surface area contributed by atoms with E-state index in [2.05, 4.69) is 5.32 Å². The number of aliphatic carboxylic acids is 1. The SMILES string of the molecule is CC=CC(=O)NC(CCO)C(=O)O. The number of carbonyl (C=O) groups excluding carboxylic acids is 1. The fraction of sp³-hybridized carbons (Fsp3) is 0.500. The van der Waals surface area contributed by atoms with Gasteiger partial charge in [0.2, 0.25) is 5.91 Å². The summed E-state index contributed by atoms with van der Waals surface area (Å²) in [5, 5.41) is 19.3. The van der Waals surface area contributed by atoms with Gasteiger partial charge in [0.1, 0.15) is 6.04 Å². The molecule has 0 aliphatic carbocycles. The van der Waals surface area contributed by atoms with E-state index < -0.39 is 17.9 Å². The van der Waals surface area contributed by atoms with Crippen LogP contribution in [0.4, 0.5) is 0 Å². The molecule has 0 aromatic heterocycles. The first kappa shape index (κ1) is 11.6. The van der Waals surface area contributed by atoms with E-state index in [1.54, 1.807) is 6.92 Å². The molecule has 0 saturated heterocycles. The number of hydrogen-bond acceptors (Lipinski definition) is 3. The largest absolute Gasteiger partial charge is 0.480 e. The lowest BCUT2D eigenvalue weighted by Crippen LogP contribution is -2.40. The monoisotopic (exact) mass is 187 g/mol. The van der Waals surface area contributed by atoms with Crippen molar-refractivity contribution >= 4 is 11.9 Å². The topological polar surface area (TPSA) is 86.6 Å². The van der Waals surface area contributed by atoms with Crippen molar-refractivity contribution in [2.24, 2.45) is 0 Å². The second-order valence-corrected chi connectivity index (χ2v) is 2.41. The zero-order chi connectivity index (χ0) is 10.3. The van der Waals surface area contributed by atoms with Gasteiger partial charge in [-0.3, -0.25) is 4.79 Å². The molecule has 0 heterocycles. The molecule has 0 radical (unpaired) electrons. The van der Waals surface area contributed by atoms with Crippen LogP contribution in [-0.4, -0.2) is 34.7 Å². The maximum Gasteiger partial charge on any atom is 0.326 e. The lowest BCUT2D eigenvalue weighted by molar-refractivity contribution is -0.141. The second-order valence-electron chi connectivity index (χ2n) is 2.41. The summed E-state index contributed by atoms with van der Waals surface area (Å²) in [4.78, 5) is 21.4. The Hall–Kier alpha value is -1.36. The molecule has 1 amide bonds. The summed E-state index contributed by atoms with van der Waals surface area (Å²) in [6.07, 6.45) is 2.75. The van der Waals surface area contributed by atoms with Gasteiger partial charge in [0.05, 0.1) is 0 Å². The lowest BCUT2D eigenvalue weighted by Gasteiger charge is -2.10. The minimum atomic E-state index is -1.15. The molecular formula is C8H13NO4. The Morgan fingerprint density at radius 2 is 2.15 bits per heavy atom. The number of hydrogen-bond donors (Lipinski definition) is 3. The molecule has 0 bridgehead atoms. The van der Waals surface area contributed by atoms with Crippen LogP contribution in [0, 0.1) is 0 Å². The van der Waals surface area contributed by atoms with Crippen molar-refractivity contribution in [2.75, 3.05) is 6.61 Å². The number of allylic oxidation sites excluding steroid dienone is 1.